The molecular weight excluding hydrogens is 198 g/mol. The molecule has 0 aliphatic carbocycles. The molecule has 1 aliphatic heterocycles. The molecule has 0 fully saturated rings. The Labute approximate surface area is 88.3 Å². The van der Waals surface area contributed by atoms with Crippen molar-refractivity contribution >= 4 is 11.9 Å². The van der Waals surface area contributed by atoms with Crippen molar-refractivity contribution in [3.8, 4) is 0 Å². The maximum atomic E-state index is 11.7. The first-order chi connectivity index (χ1) is 7.02. The normalized spacial score (nSPS) is 16.5. The Hall–Kier alpha value is -1.52. The lowest BCUT2D eigenvalue weighted by atomic mass is 10.1. The quantitative estimate of drug-likeness (QED) is 0.737. The fourth-order valence-corrected chi connectivity index (χ4v) is 1.36. The van der Waals surface area contributed by atoms with Gasteiger partial charge in [0.1, 0.15) is 0 Å². The predicted octanol–water partition coefficient (Wildman–Crippen LogP) is 0.470. The number of carboxylic acids is 1. The van der Waals surface area contributed by atoms with E-state index in [1.807, 2.05) is 0 Å². The van der Waals surface area contributed by atoms with Crippen LogP contribution in [-0.4, -0.2) is 42.1 Å². The monoisotopic (exact) mass is 213 g/mol. The van der Waals surface area contributed by atoms with E-state index in [2.05, 4.69) is 0 Å². The number of nitrogens with zero attached hydrogens (tertiary/aromatic N) is 1. The van der Waals surface area contributed by atoms with Crippen molar-refractivity contribution in [1.82, 2.24) is 4.90 Å². The molecule has 1 heterocycles. The number of aliphatic carboxylic acids is 1. The highest BCUT2D eigenvalue weighted by molar-refractivity contribution is 5.93. The fourth-order valence-electron chi connectivity index (χ4n) is 1.36. The molecule has 0 aromatic rings. The second-order valence-corrected chi connectivity index (χ2v) is 3.69. The van der Waals surface area contributed by atoms with Gasteiger partial charge in [-0.25, -0.2) is 0 Å². The average molecular weight is 213 g/mol. The molecule has 15 heavy (non-hydrogen) atoms. The molecule has 1 unspecified atom stereocenters. The zero-order valence-corrected chi connectivity index (χ0v) is 8.90. The van der Waals surface area contributed by atoms with Gasteiger partial charge in [-0.2, -0.15) is 0 Å². The third-order valence-corrected chi connectivity index (χ3v) is 2.31. The largest absolute Gasteiger partial charge is 0.500 e. The summed E-state index contributed by atoms with van der Waals surface area (Å²) in [5, 5.41) is 8.70. The lowest BCUT2D eigenvalue weighted by Crippen LogP contribution is -2.34. The van der Waals surface area contributed by atoms with Gasteiger partial charge in [0.2, 0.25) is 0 Å². The van der Waals surface area contributed by atoms with Crippen LogP contribution in [0, 0.1) is 5.92 Å². The number of amides is 1. The second-order valence-electron chi connectivity index (χ2n) is 3.69. The zero-order valence-electron chi connectivity index (χ0n) is 8.90. The molecule has 1 aliphatic rings. The predicted molar refractivity (Wildman–Crippen MR) is 53.1 cm³/mol. The first kappa shape index (κ1) is 11.6. The van der Waals surface area contributed by atoms with E-state index >= 15 is 0 Å². The zero-order chi connectivity index (χ0) is 11.4. The summed E-state index contributed by atoms with van der Waals surface area (Å²) in [5.74, 6) is -1.60. The summed E-state index contributed by atoms with van der Waals surface area (Å²) >= 11 is 0. The molecule has 0 aromatic carbocycles. The first-order valence-electron chi connectivity index (χ1n) is 4.81. The molecular formula is C10H15NO4. The van der Waals surface area contributed by atoms with E-state index in [0.29, 0.717) is 18.6 Å². The number of likely N-dealkylation sites (N-methyl/N-ethyl adjacent to an activating group) is 1. The minimum Gasteiger partial charge on any atom is -0.500 e. The third-order valence-electron chi connectivity index (χ3n) is 2.31. The van der Waals surface area contributed by atoms with Crippen molar-refractivity contribution in [2.45, 2.75) is 13.3 Å². The van der Waals surface area contributed by atoms with Gasteiger partial charge in [-0.3, -0.25) is 9.59 Å². The van der Waals surface area contributed by atoms with Gasteiger partial charge in [0.25, 0.3) is 5.91 Å². The van der Waals surface area contributed by atoms with Crippen molar-refractivity contribution in [1.29, 1.82) is 0 Å². The van der Waals surface area contributed by atoms with Crippen molar-refractivity contribution in [3.63, 3.8) is 0 Å². The summed E-state index contributed by atoms with van der Waals surface area (Å²) in [5.41, 5.74) is 0.607. The van der Waals surface area contributed by atoms with Gasteiger partial charge < -0.3 is 14.7 Å². The van der Waals surface area contributed by atoms with E-state index in [4.69, 9.17) is 9.84 Å². The van der Waals surface area contributed by atoms with Crippen LogP contribution in [-0.2, 0) is 14.3 Å². The van der Waals surface area contributed by atoms with E-state index < -0.39 is 11.9 Å². The smallest absolute Gasteiger partial charge is 0.308 e. The standard InChI is InChI=1S/C10H15NO4/c1-7(10(13)14)5-11(2)9(12)8-3-4-15-6-8/h6-7H,3-5H2,1-2H3,(H,13,14). The maximum absolute atomic E-state index is 11.7. The number of carbonyl (C=O) groups excluding carboxylic acids is 1. The Balaban J connectivity index is 2.49. The number of rotatable bonds is 4. The molecule has 0 saturated heterocycles. The summed E-state index contributed by atoms with van der Waals surface area (Å²) in [4.78, 5) is 23.7. The van der Waals surface area contributed by atoms with Gasteiger partial charge in [0.15, 0.2) is 0 Å². The average Bonchev–Trinajstić information content (AvgIpc) is 2.68. The van der Waals surface area contributed by atoms with Crippen LogP contribution in [0.3, 0.4) is 0 Å². The van der Waals surface area contributed by atoms with Crippen LogP contribution >= 0.6 is 0 Å². The Morgan fingerprint density at radius 2 is 2.33 bits per heavy atom. The Morgan fingerprint density at radius 3 is 2.80 bits per heavy atom. The van der Waals surface area contributed by atoms with Crippen LogP contribution in [0.25, 0.3) is 0 Å². The topological polar surface area (TPSA) is 66.8 Å². The number of ether oxygens (including phenoxy) is 1. The lowest BCUT2D eigenvalue weighted by molar-refractivity contribution is -0.142. The molecule has 5 nitrogen and oxygen atoms in total. The first-order valence-corrected chi connectivity index (χ1v) is 4.81. The van der Waals surface area contributed by atoms with Crippen LogP contribution in [0.2, 0.25) is 0 Å². The Morgan fingerprint density at radius 1 is 1.67 bits per heavy atom. The van der Waals surface area contributed by atoms with E-state index in [9.17, 15) is 9.59 Å². The molecule has 0 bridgehead atoms. The van der Waals surface area contributed by atoms with E-state index in [-0.39, 0.29) is 12.5 Å². The van der Waals surface area contributed by atoms with E-state index in [1.165, 1.54) is 11.2 Å². The van der Waals surface area contributed by atoms with Gasteiger partial charge in [0, 0.05) is 20.0 Å². The Kier molecular flexibility index (Phi) is 3.71. The molecule has 1 N–H and O–H groups in total. The molecule has 1 rings (SSSR count). The van der Waals surface area contributed by atoms with Gasteiger partial charge in [-0.15, -0.1) is 0 Å². The van der Waals surface area contributed by atoms with E-state index in [1.54, 1.807) is 14.0 Å². The van der Waals surface area contributed by atoms with Gasteiger partial charge in [-0.1, -0.05) is 6.92 Å². The fraction of sp³-hybridized carbons (Fsp3) is 0.600. The summed E-state index contributed by atoms with van der Waals surface area (Å²) in [6, 6.07) is 0. The molecule has 1 amide bonds. The molecule has 0 saturated carbocycles. The highest BCUT2D eigenvalue weighted by atomic mass is 16.5. The van der Waals surface area contributed by atoms with Crippen LogP contribution in [0.15, 0.2) is 11.8 Å². The van der Waals surface area contributed by atoms with Crippen molar-refractivity contribution in [3.05, 3.63) is 11.8 Å². The van der Waals surface area contributed by atoms with Gasteiger partial charge in [-0.05, 0) is 0 Å². The summed E-state index contributed by atoms with van der Waals surface area (Å²) in [6.45, 7) is 2.32. The van der Waals surface area contributed by atoms with Crippen molar-refractivity contribution in [2.75, 3.05) is 20.2 Å². The molecule has 84 valence electrons. The molecule has 1 atom stereocenters. The van der Waals surface area contributed by atoms with Crippen LogP contribution in [0.1, 0.15) is 13.3 Å². The molecule has 0 radical (unpaired) electrons. The van der Waals surface area contributed by atoms with Crippen molar-refractivity contribution < 1.29 is 19.4 Å². The van der Waals surface area contributed by atoms with Gasteiger partial charge in [0.05, 0.1) is 24.4 Å². The SMILES string of the molecule is CC(CN(C)C(=O)C1=COCC1)C(=O)O. The van der Waals surface area contributed by atoms with Crippen LogP contribution in [0.4, 0.5) is 0 Å². The highest BCUT2D eigenvalue weighted by Gasteiger charge is 2.21. The highest BCUT2D eigenvalue weighted by Crippen LogP contribution is 2.13. The number of carboxylic acid groups (broad SMARTS) is 1. The van der Waals surface area contributed by atoms with Crippen molar-refractivity contribution in [2.24, 2.45) is 5.92 Å². The summed E-state index contributed by atoms with van der Waals surface area (Å²) < 4.78 is 4.95. The van der Waals surface area contributed by atoms with E-state index in [0.717, 1.165) is 0 Å². The molecule has 0 spiro atoms. The van der Waals surface area contributed by atoms with Gasteiger partial charge >= 0.3 is 5.97 Å². The maximum Gasteiger partial charge on any atom is 0.308 e. The third kappa shape index (κ3) is 2.97. The number of carbonyl (C=O) groups is 2. The minimum atomic E-state index is -0.897. The molecule has 5 heteroatoms. The summed E-state index contributed by atoms with van der Waals surface area (Å²) in [6.07, 6.45) is 2.05. The summed E-state index contributed by atoms with van der Waals surface area (Å²) in [7, 11) is 1.60. The van der Waals surface area contributed by atoms with Crippen LogP contribution in [0.5, 0.6) is 0 Å². The molecule has 0 aromatic heterocycles. The van der Waals surface area contributed by atoms with Crippen LogP contribution < -0.4 is 0 Å². The Bertz CT molecular complexity index is 298. The second kappa shape index (κ2) is 4.82. The lowest BCUT2D eigenvalue weighted by Gasteiger charge is -2.19. The minimum absolute atomic E-state index is 0.152. The number of hydrogen-bond acceptors (Lipinski definition) is 3. The number of hydrogen-bond donors (Lipinski definition) is 1.